The molecule has 0 spiro atoms. The van der Waals surface area contributed by atoms with Gasteiger partial charge in [0, 0.05) is 12.6 Å². The van der Waals surface area contributed by atoms with Gasteiger partial charge >= 0.3 is 5.97 Å². The fourth-order valence-corrected chi connectivity index (χ4v) is 2.16. The van der Waals surface area contributed by atoms with Gasteiger partial charge in [0.1, 0.15) is 0 Å². The minimum atomic E-state index is -0.921. The number of amides is 1. The molecule has 5 heteroatoms. The van der Waals surface area contributed by atoms with Crippen molar-refractivity contribution >= 4 is 11.9 Å². The molecule has 1 aliphatic heterocycles. The summed E-state index contributed by atoms with van der Waals surface area (Å²) in [5, 5.41) is 11.6. The predicted octanol–water partition coefficient (Wildman–Crippen LogP) is 0.450. The number of nitrogens with zero attached hydrogens (tertiary/aromatic N) is 1. The van der Waals surface area contributed by atoms with Crippen LogP contribution in [-0.2, 0) is 9.59 Å². The zero-order chi connectivity index (χ0) is 12.1. The van der Waals surface area contributed by atoms with Gasteiger partial charge in [-0.3, -0.25) is 14.5 Å². The van der Waals surface area contributed by atoms with Crippen LogP contribution in [0.1, 0.15) is 33.1 Å². The minimum Gasteiger partial charge on any atom is -0.481 e. The lowest BCUT2D eigenvalue weighted by Crippen LogP contribution is -2.48. The first-order chi connectivity index (χ1) is 7.56. The monoisotopic (exact) mass is 228 g/mol. The highest BCUT2D eigenvalue weighted by molar-refractivity contribution is 5.86. The van der Waals surface area contributed by atoms with Crippen LogP contribution in [0.2, 0.25) is 0 Å². The van der Waals surface area contributed by atoms with Crippen molar-refractivity contribution in [3.8, 4) is 0 Å². The van der Waals surface area contributed by atoms with Gasteiger partial charge < -0.3 is 10.4 Å². The Kier molecular flexibility index (Phi) is 4.73. The first-order valence-corrected chi connectivity index (χ1v) is 5.81. The first-order valence-electron chi connectivity index (χ1n) is 5.81. The number of aliphatic carboxylic acids is 1. The number of carbonyl (C=O) groups excluding carboxylic acids is 1. The van der Waals surface area contributed by atoms with Gasteiger partial charge in [-0.2, -0.15) is 0 Å². The summed E-state index contributed by atoms with van der Waals surface area (Å²) >= 11 is 0. The fraction of sp³-hybridized carbons (Fsp3) is 0.818. The summed E-state index contributed by atoms with van der Waals surface area (Å²) < 4.78 is 0. The van der Waals surface area contributed by atoms with E-state index in [9.17, 15) is 9.59 Å². The SMILES string of the molecule is CCCN1C(C)CCNC(=O)C1CC(=O)O. The van der Waals surface area contributed by atoms with E-state index in [0.717, 1.165) is 19.4 Å². The minimum absolute atomic E-state index is 0.115. The van der Waals surface area contributed by atoms with E-state index in [4.69, 9.17) is 5.11 Å². The highest BCUT2D eigenvalue weighted by atomic mass is 16.4. The van der Waals surface area contributed by atoms with Gasteiger partial charge in [-0.05, 0) is 26.3 Å². The summed E-state index contributed by atoms with van der Waals surface area (Å²) in [5.74, 6) is -1.07. The third kappa shape index (κ3) is 3.20. The Labute approximate surface area is 95.8 Å². The second-order valence-corrected chi connectivity index (χ2v) is 4.28. The predicted molar refractivity (Wildman–Crippen MR) is 60.1 cm³/mol. The maximum absolute atomic E-state index is 11.8. The van der Waals surface area contributed by atoms with Crippen LogP contribution in [0.15, 0.2) is 0 Å². The van der Waals surface area contributed by atoms with Crippen LogP contribution in [0.5, 0.6) is 0 Å². The van der Waals surface area contributed by atoms with Crippen LogP contribution >= 0.6 is 0 Å². The number of carboxylic acids is 1. The molecule has 0 radical (unpaired) electrons. The largest absolute Gasteiger partial charge is 0.481 e. The van der Waals surface area contributed by atoms with Crippen molar-refractivity contribution in [3.05, 3.63) is 0 Å². The third-order valence-corrected chi connectivity index (χ3v) is 2.98. The third-order valence-electron chi connectivity index (χ3n) is 2.98. The van der Waals surface area contributed by atoms with Crippen molar-refractivity contribution in [2.24, 2.45) is 0 Å². The Morgan fingerprint density at radius 3 is 2.88 bits per heavy atom. The fourth-order valence-electron chi connectivity index (χ4n) is 2.16. The van der Waals surface area contributed by atoms with Crippen LogP contribution in [0, 0.1) is 0 Å². The zero-order valence-corrected chi connectivity index (χ0v) is 9.90. The highest BCUT2D eigenvalue weighted by Crippen LogP contribution is 2.15. The van der Waals surface area contributed by atoms with Gasteiger partial charge in [-0.1, -0.05) is 6.92 Å². The van der Waals surface area contributed by atoms with E-state index in [0.29, 0.717) is 6.54 Å². The molecule has 1 heterocycles. The van der Waals surface area contributed by atoms with E-state index in [1.54, 1.807) is 0 Å². The molecular formula is C11H20N2O3. The van der Waals surface area contributed by atoms with E-state index >= 15 is 0 Å². The van der Waals surface area contributed by atoms with Gasteiger partial charge in [0.25, 0.3) is 0 Å². The van der Waals surface area contributed by atoms with Crippen molar-refractivity contribution in [1.82, 2.24) is 10.2 Å². The molecular weight excluding hydrogens is 208 g/mol. The quantitative estimate of drug-likeness (QED) is 0.733. The summed E-state index contributed by atoms with van der Waals surface area (Å²) in [5.41, 5.74) is 0. The smallest absolute Gasteiger partial charge is 0.305 e. The summed E-state index contributed by atoms with van der Waals surface area (Å²) in [4.78, 5) is 24.5. The van der Waals surface area contributed by atoms with Crippen molar-refractivity contribution in [1.29, 1.82) is 0 Å². The number of nitrogens with one attached hydrogen (secondary N) is 1. The number of carbonyl (C=O) groups is 2. The van der Waals surface area contributed by atoms with E-state index in [-0.39, 0.29) is 18.4 Å². The Balaban J connectivity index is 2.81. The van der Waals surface area contributed by atoms with E-state index in [1.165, 1.54) is 0 Å². The van der Waals surface area contributed by atoms with Gasteiger partial charge in [0.05, 0.1) is 12.5 Å². The molecule has 0 saturated carbocycles. The summed E-state index contributed by atoms with van der Waals surface area (Å²) in [6, 6.07) is -0.266. The van der Waals surface area contributed by atoms with Crippen LogP contribution < -0.4 is 5.32 Å². The molecule has 1 fully saturated rings. The second-order valence-electron chi connectivity index (χ2n) is 4.28. The van der Waals surface area contributed by atoms with Crippen LogP contribution in [0.4, 0.5) is 0 Å². The first kappa shape index (κ1) is 13.0. The molecule has 5 nitrogen and oxygen atoms in total. The maximum atomic E-state index is 11.8. The molecule has 0 aliphatic carbocycles. The molecule has 2 N–H and O–H groups in total. The Morgan fingerprint density at radius 2 is 2.31 bits per heavy atom. The molecule has 92 valence electrons. The normalized spacial score (nSPS) is 27.2. The molecule has 16 heavy (non-hydrogen) atoms. The van der Waals surface area contributed by atoms with Crippen molar-refractivity contribution in [3.63, 3.8) is 0 Å². The average Bonchev–Trinajstić information content (AvgIpc) is 2.32. The molecule has 2 atom stereocenters. The standard InChI is InChI=1S/C11H20N2O3/c1-3-6-13-8(2)4-5-12-11(16)9(13)7-10(14)15/h8-9H,3-7H2,1-2H3,(H,12,16)(H,14,15). The average molecular weight is 228 g/mol. The van der Waals surface area contributed by atoms with Crippen molar-refractivity contribution in [2.75, 3.05) is 13.1 Å². The second kappa shape index (κ2) is 5.84. The van der Waals surface area contributed by atoms with Gasteiger partial charge in [-0.25, -0.2) is 0 Å². The van der Waals surface area contributed by atoms with Crippen molar-refractivity contribution in [2.45, 2.75) is 45.2 Å². The summed E-state index contributed by atoms with van der Waals surface area (Å²) in [6.07, 6.45) is 1.69. The zero-order valence-electron chi connectivity index (χ0n) is 9.90. The number of carboxylic acid groups (broad SMARTS) is 1. The highest BCUT2D eigenvalue weighted by Gasteiger charge is 2.32. The van der Waals surface area contributed by atoms with Crippen LogP contribution in [-0.4, -0.2) is 47.1 Å². The molecule has 0 bridgehead atoms. The lowest BCUT2D eigenvalue weighted by atomic mass is 10.1. The lowest BCUT2D eigenvalue weighted by molar-refractivity contribution is -0.142. The molecule has 2 unspecified atom stereocenters. The van der Waals surface area contributed by atoms with Crippen molar-refractivity contribution < 1.29 is 14.7 Å². The number of rotatable bonds is 4. The molecule has 1 amide bonds. The molecule has 0 aromatic carbocycles. The summed E-state index contributed by atoms with van der Waals surface area (Å²) in [7, 11) is 0. The van der Waals surface area contributed by atoms with Crippen LogP contribution in [0.3, 0.4) is 0 Å². The molecule has 1 aliphatic rings. The number of hydrogen-bond acceptors (Lipinski definition) is 3. The Morgan fingerprint density at radius 1 is 1.62 bits per heavy atom. The van der Waals surface area contributed by atoms with Gasteiger partial charge in [-0.15, -0.1) is 0 Å². The van der Waals surface area contributed by atoms with Gasteiger partial charge in [0.15, 0.2) is 0 Å². The topological polar surface area (TPSA) is 69.6 Å². The van der Waals surface area contributed by atoms with E-state index in [1.807, 2.05) is 18.7 Å². The van der Waals surface area contributed by atoms with E-state index < -0.39 is 12.0 Å². The molecule has 0 aromatic rings. The molecule has 1 saturated heterocycles. The Bertz CT molecular complexity index is 268. The number of hydrogen-bond donors (Lipinski definition) is 2. The lowest BCUT2D eigenvalue weighted by Gasteiger charge is -2.31. The van der Waals surface area contributed by atoms with Gasteiger partial charge in [0.2, 0.25) is 5.91 Å². The van der Waals surface area contributed by atoms with Crippen LogP contribution in [0.25, 0.3) is 0 Å². The summed E-state index contributed by atoms with van der Waals surface area (Å²) in [6.45, 7) is 5.49. The Hall–Kier alpha value is -1.10. The molecule has 0 aromatic heterocycles. The molecule has 1 rings (SSSR count). The van der Waals surface area contributed by atoms with E-state index in [2.05, 4.69) is 5.32 Å². The maximum Gasteiger partial charge on any atom is 0.305 e.